The van der Waals surface area contributed by atoms with Crippen LogP contribution >= 0.6 is 12.0 Å². The molecule has 86 valence electrons. The molecule has 1 N–H and O–H groups in total. The molecule has 4 rings (SSSR count). The Kier molecular flexibility index (Phi) is 2.71. The molecule has 4 fully saturated rings. The molecule has 0 radical (unpaired) electrons. The van der Waals surface area contributed by atoms with Crippen molar-refractivity contribution in [2.45, 2.75) is 38.5 Å². The van der Waals surface area contributed by atoms with Gasteiger partial charge in [0.05, 0.1) is 0 Å². The van der Waals surface area contributed by atoms with E-state index in [9.17, 15) is 0 Å². The molecule has 4 bridgehead atoms. The van der Waals surface area contributed by atoms with Gasteiger partial charge in [-0.1, -0.05) is 5.04 Å². The van der Waals surface area contributed by atoms with Crippen LogP contribution in [0.4, 0.5) is 0 Å². The minimum absolute atomic E-state index is 0.498. The lowest BCUT2D eigenvalue weighted by atomic mass is 9.50. The van der Waals surface area contributed by atoms with Crippen molar-refractivity contribution in [1.29, 1.82) is 0 Å². The summed E-state index contributed by atoms with van der Waals surface area (Å²) < 4.78 is 4.54. The summed E-state index contributed by atoms with van der Waals surface area (Å²) in [6.07, 6.45) is 8.55. The largest absolute Gasteiger partial charge is 0.220 e. The molecule has 4 aliphatic carbocycles. The Labute approximate surface area is 94.6 Å². The molecular formula is C11H18O3S. The van der Waals surface area contributed by atoms with Gasteiger partial charge >= 0.3 is 0 Å². The molecule has 0 aromatic carbocycles. The number of hydrogen-bond acceptors (Lipinski definition) is 4. The third-order valence-electron chi connectivity index (χ3n) is 4.61. The van der Waals surface area contributed by atoms with E-state index < -0.39 is 0 Å². The SMILES string of the molecule is OOOSCC12CC3CC(CC(C3)C1)C2. The minimum Gasteiger partial charge on any atom is -0.220 e. The normalized spacial score (nSPS) is 47.4. The summed E-state index contributed by atoms with van der Waals surface area (Å²) >= 11 is 1.27. The van der Waals surface area contributed by atoms with Crippen LogP contribution in [0.15, 0.2) is 0 Å². The van der Waals surface area contributed by atoms with Crippen molar-refractivity contribution in [3.8, 4) is 0 Å². The average molecular weight is 230 g/mol. The fourth-order valence-electron chi connectivity index (χ4n) is 4.64. The highest BCUT2D eigenvalue weighted by Gasteiger charge is 2.50. The molecule has 0 aromatic rings. The Balaban J connectivity index is 1.65. The Morgan fingerprint density at radius 3 is 2.07 bits per heavy atom. The zero-order chi connectivity index (χ0) is 10.3. The van der Waals surface area contributed by atoms with Crippen molar-refractivity contribution < 1.29 is 14.6 Å². The van der Waals surface area contributed by atoms with Gasteiger partial charge in [0.1, 0.15) is 0 Å². The first kappa shape index (κ1) is 10.4. The van der Waals surface area contributed by atoms with Crippen molar-refractivity contribution >= 4 is 12.0 Å². The van der Waals surface area contributed by atoms with Gasteiger partial charge in [-0.2, -0.15) is 0 Å². The molecule has 4 saturated carbocycles. The summed E-state index contributed by atoms with van der Waals surface area (Å²) in [5.74, 6) is 3.92. The third kappa shape index (κ3) is 1.93. The molecule has 4 aliphatic rings. The molecule has 0 heterocycles. The topological polar surface area (TPSA) is 38.7 Å². The van der Waals surface area contributed by atoms with Crippen molar-refractivity contribution in [1.82, 2.24) is 0 Å². The van der Waals surface area contributed by atoms with Crippen molar-refractivity contribution in [2.75, 3.05) is 5.75 Å². The zero-order valence-corrected chi connectivity index (χ0v) is 9.67. The predicted molar refractivity (Wildman–Crippen MR) is 57.9 cm³/mol. The van der Waals surface area contributed by atoms with Crippen LogP contribution < -0.4 is 0 Å². The molecule has 4 heteroatoms. The van der Waals surface area contributed by atoms with Gasteiger partial charge in [0, 0.05) is 17.8 Å². The minimum atomic E-state index is 0.498. The molecular weight excluding hydrogens is 212 g/mol. The molecule has 0 amide bonds. The van der Waals surface area contributed by atoms with Crippen LogP contribution in [0, 0.1) is 23.2 Å². The van der Waals surface area contributed by atoms with Crippen LogP contribution in [-0.2, 0) is 9.37 Å². The van der Waals surface area contributed by atoms with E-state index in [1.165, 1.54) is 50.6 Å². The van der Waals surface area contributed by atoms with Crippen LogP contribution in [0.25, 0.3) is 0 Å². The van der Waals surface area contributed by atoms with Gasteiger partial charge in [0.2, 0.25) is 0 Å². The molecule has 0 aromatic heterocycles. The summed E-state index contributed by atoms with van der Waals surface area (Å²) in [4.78, 5) is 0. The summed E-state index contributed by atoms with van der Waals surface area (Å²) in [7, 11) is 0. The first-order chi connectivity index (χ1) is 7.30. The van der Waals surface area contributed by atoms with Crippen molar-refractivity contribution in [3.05, 3.63) is 0 Å². The molecule has 15 heavy (non-hydrogen) atoms. The monoisotopic (exact) mass is 230 g/mol. The Hall–Kier alpha value is 0.230. The van der Waals surface area contributed by atoms with E-state index in [2.05, 4.69) is 9.37 Å². The van der Waals surface area contributed by atoms with Crippen LogP contribution in [0.2, 0.25) is 0 Å². The van der Waals surface area contributed by atoms with E-state index in [0.29, 0.717) is 5.41 Å². The second-order valence-corrected chi connectivity index (χ2v) is 6.48. The Bertz CT molecular complexity index is 209. The number of rotatable bonds is 4. The van der Waals surface area contributed by atoms with Gasteiger partial charge in [-0.25, -0.2) is 5.26 Å². The standard InChI is InChI=1S/C11H18O3S/c12-13-14-15-7-11-4-8-1-9(5-11)3-10(2-8)6-11/h8-10,12H,1-7H2. The van der Waals surface area contributed by atoms with Crippen LogP contribution in [0.1, 0.15) is 38.5 Å². The Morgan fingerprint density at radius 1 is 1.07 bits per heavy atom. The van der Waals surface area contributed by atoms with E-state index in [1.807, 2.05) is 0 Å². The van der Waals surface area contributed by atoms with Gasteiger partial charge in [-0.15, -0.1) is 4.33 Å². The lowest BCUT2D eigenvalue weighted by Gasteiger charge is -2.56. The highest BCUT2D eigenvalue weighted by Crippen LogP contribution is 2.60. The third-order valence-corrected chi connectivity index (χ3v) is 5.50. The lowest BCUT2D eigenvalue weighted by Crippen LogP contribution is -2.47. The average Bonchev–Trinajstić information content (AvgIpc) is 2.15. The van der Waals surface area contributed by atoms with E-state index >= 15 is 0 Å². The van der Waals surface area contributed by atoms with Crippen LogP contribution in [0.5, 0.6) is 0 Å². The molecule has 0 atom stereocenters. The van der Waals surface area contributed by atoms with Gasteiger partial charge < -0.3 is 0 Å². The molecule has 0 aliphatic heterocycles. The molecule has 3 nitrogen and oxygen atoms in total. The maximum Gasteiger partial charge on any atom is 0.0351 e. The van der Waals surface area contributed by atoms with E-state index in [1.54, 1.807) is 0 Å². The summed E-state index contributed by atoms with van der Waals surface area (Å²) in [5, 5.41) is 11.8. The van der Waals surface area contributed by atoms with Crippen LogP contribution in [-0.4, -0.2) is 11.0 Å². The smallest absolute Gasteiger partial charge is 0.0351 e. The second-order valence-electron chi connectivity index (χ2n) is 5.82. The fraction of sp³-hybridized carbons (Fsp3) is 1.00. The van der Waals surface area contributed by atoms with Crippen LogP contribution in [0.3, 0.4) is 0 Å². The summed E-state index contributed by atoms with van der Waals surface area (Å²) in [5.41, 5.74) is 0.498. The fourth-order valence-corrected chi connectivity index (χ4v) is 5.33. The maximum absolute atomic E-state index is 8.14. The van der Waals surface area contributed by atoms with Gasteiger partial charge in [-0.3, -0.25) is 0 Å². The summed E-state index contributed by atoms with van der Waals surface area (Å²) in [6, 6.07) is 0. The van der Waals surface area contributed by atoms with E-state index in [0.717, 1.165) is 23.5 Å². The van der Waals surface area contributed by atoms with Gasteiger partial charge in [0.25, 0.3) is 0 Å². The molecule has 0 saturated heterocycles. The maximum atomic E-state index is 8.14. The highest BCUT2D eigenvalue weighted by atomic mass is 32.2. The molecule has 0 unspecified atom stereocenters. The first-order valence-corrected chi connectivity index (χ1v) is 6.80. The van der Waals surface area contributed by atoms with Gasteiger partial charge in [-0.05, 0) is 61.7 Å². The van der Waals surface area contributed by atoms with E-state index in [-0.39, 0.29) is 0 Å². The second kappa shape index (κ2) is 3.91. The summed E-state index contributed by atoms with van der Waals surface area (Å²) in [6.45, 7) is 0. The van der Waals surface area contributed by atoms with Gasteiger partial charge in [0.15, 0.2) is 0 Å². The Morgan fingerprint density at radius 2 is 1.60 bits per heavy atom. The predicted octanol–water partition coefficient (Wildman–Crippen LogP) is 3.27. The van der Waals surface area contributed by atoms with Crippen molar-refractivity contribution in [2.24, 2.45) is 23.2 Å². The highest BCUT2D eigenvalue weighted by molar-refractivity contribution is 7.94. The van der Waals surface area contributed by atoms with E-state index in [4.69, 9.17) is 5.26 Å². The van der Waals surface area contributed by atoms with Crippen molar-refractivity contribution in [3.63, 3.8) is 0 Å². The lowest BCUT2D eigenvalue weighted by molar-refractivity contribution is -0.432. The zero-order valence-electron chi connectivity index (χ0n) is 8.85. The number of hydrogen-bond donors (Lipinski definition) is 1. The first-order valence-electron chi connectivity index (χ1n) is 5.89. The molecule has 0 spiro atoms. The quantitative estimate of drug-likeness (QED) is 0.348.